The molecule has 1 rings (SSSR count). The zero-order valence-electron chi connectivity index (χ0n) is 10.00. The molecule has 1 aliphatic rings. The van der Waals surface area contributed by atoms with Crippen LogP contribution in [0.4, 0.5) is 0 Å². The van der Waals surface area contributed by atoms with Gasteiger partial charge in [0.15, 0.2) is 0 Å². The molecule has 0 aliphatic heterocycles. The van der Waals surface area contributed by atoms with Crippen molar-refractivity contribution in [3.63, 3.8) is 0 Å². The summed E-state index contributed by atoms with van der Waals surface area (Å²) in [5.74, 6) is 1.78. The molecule has 2 N–H and O–H groups in total. The summed E-state index contributed by atoms with van der Waals surface area (Å²) in [5, 5.41) is 0. The third kappa shape index (κ3) is 3.97. The third-order valence-corrected chi connectivity index (χ3v) is 3.50. The first kappa shape index (κ1) is 12.0. The first-order valence-corrected chi connectivity index (χ1v) is 6.05. The summed E-state index contributed by atoms with van der Waals surface area (Å²) in [6.45, 7) is 6.78. The van der Waals surface area contributed by atoms with Crippen LogP contribution in [0.25, 0.3) is 0 Å². The van der Waals surface area contributed by atoms with Crippen molar-refractivity contribution in [3.8, 4) is 0 Å². The lowest BCUT2D eigenvalue weighted by Gasteiger charge is -2.27. The Bertz CT molecular complexity index is 154. The van der Waals surface area contributed by atoms with Gasteiger partial charge in [-0.05, 0) is 58.0 Å². The third-order valence-electron chi connectivity index (χ3n) is 3.50. The fourth-order valence-corrected chi connectivity index (χ4v) is 2.15. The van der Waals surface area contributed by atoms with E-state index in [1.165, 1.54) is 32.2 Å². The van der Waals surface area contributed by atoms with Gasteiger partial charge in [0.05, 0.1) is 0 Å². The molecule has 0 saturated heterocycles. The molecule has 0 heterocycles. The van der Waals surface area contributed by atoms with Gasteiger partial charge in [0.25, 0.3) is 0 Å². The van der Waals surface area contributed by atoms with Crippen molar-refractivity contribution in [2.75, 3.05) is 20.1 Å². The molecule has 0 aromatic rings. The van der Waals surface area contributed by atoms with E-state index < -0.39 is 0 Å². The maximum absolute atomic E-state index is 5.51. The Morgan fingerprint density at radius 1 is 1.36 bits per heavy atom. The van der Waals surface area contributed by atoms with E-state index in [1.54, 1.807) is 0 Å². The highest BCUT2D eigenvalue weighted by Crippen LogP contribution is 2.34. The Labute approximate surface area is 88.8 Å². The van der Waals surface area contributed by atoms with Gasteiger partial charge >= 0.3 is 0 Å². The van der Waals surface area contributed by atoms with Crippen LogP contribution >= 0.6 is 0 Å². The lowest BCUT2D eigenvalue weighted by Crippen LogP contribution is -2.34. The molecule has 84 valence electrons. The van der Waals surface area contributed by atoms with E-state index in [0.29, 0.717) is 0 Å². The quantitative estimate of drug-likeness (QED) is 0.679. The lowest BCUT2D eigenvalue weighted by molar-refractivity contribution is 0.200. The number of nitrogens with zero attached hydrogens (tertiary/aromatic N) is 1. The summed E-state index contributed by atoms with van der Waals surface area (Å²) in [7, 11) is 2.27. The predicted molar refractivity (Wildman–Crippen MR) is 62.3 cm³/mol. The first-order valence-electron chi connectivity index (χ1n) is 6.05. The fourth-order valence-electron chi connectivity index (χ4n) is 2.15. The molecule has 2 atom stereocenters. The van der Waals surface area contributed by atoms with Crippen LogP contribution in [0.1, 0.15) is 39.5 Å². The summed E-state index contributed by atoms with van der Waals surface area (Å²) in [6, 6.07) is 0.787. The average molecular weight is 198 g/mol. The zero-order valence-corrected chi connectivity index (χ0v) is 10.00. The summed E-state index contributed by atoms with van der Waals surface area (Å²) < 4.78 is 0. The Kier molecular flexibility index (Phi) is 4.90. The topological polar surface area (TPSA) is 29.3 Å². The van der Waals surface area contributed by atoms with Gasteiger partial charge in [-0.1, -0.05) is 6.92 Å². The Morgan fingerprint density at radius 2 is 2.00 bits per heavy atom. The Balaban J connectivity index is 2.14. The molecule has 0 bridgehead atoms. The number of hydrogen-bond donors (Lipinski definition) is 1. The van der Waals surface area contributed by atoms with Gasteiger partial charge in [0.1, 0.15) is 0 Å². The molecule has 0 aromatic heterocycles. The second-order valence-electron chi connectivity index (χ2n) is 5.05. The van der Waals surface area contributed by atoms with E-state index in [9.17, 15) is 0 Å². The van der Waals surface area contributed by atoms with Crippen LogP contribution in [0.2, 0.25) is 0 Å². The van der Waals surface area contributed by atoms with E-state index in [4.69, 9.17) is 5.73 Å². The van der Waals surface area contributed by atoms with E-state index in [2.05, 4.69) is 25.8 Å². The number of nitrogens with two attached hydrogens (primary N) is 1. The maximum Gasteiger partial charge on any atom is 0.00922 e. The van der Waals surface area contributed by atoms with Crippen molar-refractivity contribution >= 4 is 0 Å². The molecule has 0 amide bonds. The summed E-state index contributed by atoms with van der Waals surface area (Å²) in [6.07, 6.45) is 5.34. The van der Waals surface area contributed by atoms with E-state index in [1.807, 2.05) is 0 Å². The van der Waals surface area contributed by atoms with Crippen LogP contribution in [0.5, 0.6) is 0 Å². The van der Waals surface area contributed by atoms with Gasteiger partial charge in [0.2, 0.25) is 0 Å². The highest BCUT2D eigenvalue weighted by Gasteiger charge is 2.30. The zero-order chi connectivity index (χ0) is 10.6. The van der Waals surface area contributed by atoms with Crippen LogP contribution in [0, 0.1) is 11.8 Å². The first-order chi connectivity index (χ1) is 6.65. The number of hydrogen-bond acceptors (Lipinski definition) is 2. The van der Waals surface area contributed by atoms with Crippen LogP contribution in [0.15, 0.2) is 0 Å². The second-order valence-corrected chi connectivity index (χ2v) is 5.05. The average Bonchev–Trinajstić information content (AvgIpc) is 2.96. The molecule has 1 fully saturated rings. The van der Waals surface area contributed by atoms with Gasteiger partial charge in [-0.15, -0.1) is 0 Å². The van der Waals surface area contributed by atoms with Crippen molar-refractivity contribution in [1.29, 1.82) is 0 Å². The van der Waals surface area contributed by atoms with Crippen LogP contribution in [0.3, 0.4) is 0 Å². The summed E-state index contributed by atoms with van der Waals surface area (Å²) >= 11 is 0. The van der Waals surface area contributed by atoms with Gasteiger partial charge in [0, 0.05) is 12.6 Å². The molecule has 14 heavy (non-hydrogen) atoms. The van der Waals surface area contributed by atoms with Crippen LogP contribution < -0.4 is 5.73 Å². The van der Waals surface area contributed by atoms with Crippen LogP contribution in [-0.4, -0.2) is 31.1 Å². The highest BCUT2D eigenvalue weighted by atomic mass is 15.1. The predicted octanol–water partition coefficient (Wildman–Crippen LogP) is 2.09. The van der Waals surface area contributed by atoms with Crippen LogP contribution in [-0.2, 0) is 0 Å². The standard InChI is InChI=1S/C12H26N2/c1-10(5-4-8-13)9-14(3)11(2)12-6-7-12/h10-12H,4-9,13H2,1-3H3. The molecular weight excluding hydrogens is 172 g/mol. The van der Waals surface area contributed by atoms with Gasteiger partial charge in [-0.3, -0.25) is 0 Å². The second kappa shape index (κ2) is 5.72. The molecule has 0 aromatic carbocycles. The van der Waals surface area contributed by atoms with Crippen molar-refractivity contribution in [2.45, 2.75) is 45.6 Å². The molecule has 1 saturated carbocycles. The Morgan fingerprint density at radius 3 is 2.50 bits per heavy atom. The molecule has 0 spiro atoms. The summed E-state index contributed by atoms with van der Waals surface area (Å²) in [4.78, 5) is 2.53. The fraction of sp³-hybridized carbons (Fsp3) is 1.00. The minimum atomic E-state index is 0.787. The minimum absolute atomic E-state index is 0.787. The van der Waals surface area contributed by atoms with E-state index in [-0.39, 0.29) is 0 Å². The lowest BCUT2D eigenvalue weighted by atomic mass is 10.0. The van der Waals surface area contributed by atoms with Crippen molar-refractivity contribution < 1.29 is 0 Å². The van der Waals surface area contributed by atoms with Crippen molar-refractivity contribution in [3.05, 3.63) is 0 Å². The largest absolute Gasteiger partial charge is 0.330 e. The van der Waals surface area contributed by atoms with Gasteiger partial charge in [-0.25, -0.2) is 0 Å². The molecule has 2 unspecified atom stereocenters. The smallest absolute Gasteiger partial charge is 0.00922 e. The highest BCUT2D eigenvalue weighted by molar-refractivity contribution is 4.84. The van der Waals surface area contributed by atoms with Crippen molar-refractivity contribution in [2.24, 2.45) is 17.6 Å². The van der Waals surface area contributed by atoms with E-state index in [0.717, 1.165) is 24.4 Å². The van der Waals surface area contributed by atoms with Gasteiger partial charge in [-0.2, -0.15) is 0 Å². The molecule has 1 aliphatic carbocycles. The minimum Gasteiger partial charge on any atom is -0.330 e. The molecule has 2 heteroatoms. The monoisotopic (exact) mass is 198 g/mol. The van der Waals surface area contributed by atoms with Crippen molar-refractivity contribution in [1.82, 2.24) is 4.90 Å². The SMILES string of the molecule is CC(CCCN)CN(C)C(C)C1CC1. The Hall–Kier alpha value is -0.0800. The summed E-state index contributed by atoms with van der Waals surface area (Å²) in [5.41, 5.74) is 5.51. The number of rotatable bonds is 7. The maximum atomic E-state index is 5.51. The molecular formula is C12H26N2. The van der Waals surface area contributed by atoms with Gasteiger partial charge < -0.3 is 10.6 Å². The normalized spacial score (nSPS) is 21.2. The molecule has 2 nitrogen and oxygen atoms in total. The molecule has 0 radical (unpaired) electrons. The van der Waals surface area contributed by atoms with E-state index >= 15 is 0 Å².